The standard InChI is InChI=1S/C26H22N4O2S/c1-17(27-16-18-9-8-12-20(15-18)32-2)23-24(19-10-4-3-5-11-19)29-30(25(23)31)26-28-21-13-6-7-14-22(21)33-26/h3-15,29H,16H2,1-2H3. The third-order valence-electron chi connectivity index (χ3n) is 5.42. The maximum Gasteiger partial charge on any atom is 0.283 e. The van der Waals surface area contributed by atoms with Crippen molar-refractivity contribution in [3.05, 3.63) is 100 Å². The Hall–Kier alpha value is -3.97. The fraction of sp³-hybridized carbons (Fsp3) is 0.115. The van der Waals surface area contributed by atoms with E-state index in [0.29, 0.717) is 23.0 Å². The number of benzene rings is 3. The summed E-state index contributed by atoms with van der Waals surface area (Å²) in [4.78, 5) is 23.0. The molecule has 5 aromatic rings. The first-order valence-electron chi connectivity index (χ1n) is 10.5. The van der Waals surface area contributed by atoms with Crippen LogP contribution in [-0.2, 0) is 6.54 Å². The summed E-state index contributed by atoms with van der Waals surface area (Å²) in [5.41, 5.74) is 4.57. The summed E-state index contributed by atoms with van der Waals surface area (Å²) in [7, 11) is 1.64. The summed E-state index contributed by atoms with van der Waals surface area (Å²) in [5, 5.41) is 3.89. The van der Waals surface area contributed by atoms with E-state index in [-0.39, 0.29) is 5.56 Å². The molecule has 0 aliphatic heterocycles. The number of hydrogen-bond acceptors (Lipinski definition) is 5. The van der Waals surface area contributed by atoms with E-state index in [1.807, 2.05) is 85.8 Å². The molecule has 0 unspecified atom stereocenters. The van der Waals surface area contributed by atoms with Gasteiger partial charge in [-0.05, 0) is 36.8 Å². The third-order valence-corrected chi connectivity index (χ3v) is 6.44. The summed E-state index contributed by atoms with van der Waals surface area (Å²) in [6, 6.07) is 25.5. The topological polar surface area (TPSA) is 72.3 Å². The van der Waals surface area contributed by atoms with Crippen molar-refractivity contribution in [3.8, 4) is 22.1 Å². The lowest BCUT2D eigenvalue weighted by Crippen LogP contribution is -2.19. The van der Waals surface area contributed by atoms with Gasteiger partial charge in [0.1, 0.15) is 5.75 Å². The molecule has 5 rings (SSSR count). The van der Waals surface area contributed by atoms with Crippen LogP contribution in [0.5, 0.6) is 5.75 Å². The molecule has 1 N–H and O–H groups in total. The smallest absolute Gasteiger partial charge is 0.283 e. The zero-order valence-corrected chi connectivity index (χ0v) is 19.1. The van der Waals surface area contributed by atoms with Crippen molar-refractivity contribution in [3.63, 3.8) is 0 Å². The van der Waals surface area contributed by atoms with E-state index < -0.39 is 0 Å². The fourth-order valence-corrected chi connectivity index (χ4v) is 4.66. The SMILES string of the molecule is COc1cccc(CN=C(C)c2c(-c3ccccc3)[nH]n(-c3nc4ccccc4s3)c2=O)c1. The summed E-state index contributed by atoms with van der Waals surface area (Å²) in [6.45, 7) is 2.32. The van der Waals surface area contributed by atoms with Crippen molar-refractivity contribution in [1.29, 1.82) is 0 Å². The Labute approximate surface area is 194 Å². The number of aromatic nitrogens is 3. The molecule has 0 spiro atoms. The zero-order chi connectivity index (χ0) is 22.8. The molecular weight excluding hydrogens is 432 g/mol. The zero-order valence-electron chi connectivity index (χ0n) is 18.3. The van der Waals surface area contributed by atoms with Crippen LogP contribution in [0.2, 0.25) is 0 Å². The Morgan fingerprint density at radius 3 is 2.64 bits per heavy atom. The Kier molecular flexibility index (Phi) is 5.62. The van der Waals surface area contributed by atoms with Gasteiger partial charge in [-0.2, -0.15) is 4.68 Å². The third kappa shape index (κ3) is 4.10. The number of fused-ring (bicyclic) bond motifs is 1. The van der Waals surface area contributed by atoms with Crippen LogP contribution in [0.25, 0.3) is 26.6 Å². The van der Waals surface area contributed by atoms with Gasteiger partial charge < -0.3 is 4.74 Å². The molecule has 6 nitrogen and oxygen atoms in total. The van der Waals surface area contributed by atoms with E-state index in [2.05, 4.69) is 10.1 Å². The predicted molar refractivity (Wildman–Crippen MR) is 134 cm³/mol. The molecule has 0 saturated heterocycles. The Morgan fingerprint density at radius 1 is 1.06 bits per heavy atom. The van der Waals surface area contributed by atoms with Gasteiger partial charge in [0, 0.05) is 11.3 Å². The summed E-state index contributed by atoms with van der Waals surface area (Å²) in [6.07, 6.45) is 0. The number of hydrogen-bond donors (Lipinski definition) is 1. The minimum atomic E-state index is -0.167. The number of nitrogens with one attached hydrogen (secondary N) is 1. The molecule has 0 saturated carbocycles. The average Bonchev–Trinajstić information content (AvgIpc) is 3.44. The van der Waals surface area contributed by atoms with E-state index in [1.165, 1.54) is 16.0 Å². The highest BCUT2D eigenvalue weighted by molar-refractivity contribution is 7.20. The molecule has 33 heavy (non-hydrogen) atoms. The number of rotatable bonds is 6. The molecule has 7 heteroatoms. The average molecular weight is 455 g/mol. The number of H-pyrrole nitrogens is 1. The van der Waals surface area contributed by atoms with Gasteiger partial charge in [-0.25, -0.2) is 4.98 Å². The van der Waals surface area contributed by atoms with Gasteiger partial charge in [0.2, 0.25) is 5.13 Å². The highest BCUT2D eigenvalue weighted by Crippen LogP contribution is 2.26. The Morgan fingerprint density at radius 2 is 1.85 bits per heavy atom. The van der Waals surface area contributed by atoms with Crippen molar-refractivity contribution in [2.24, 2.45) is 4.99 Å². The lowest BCUT2D eigenvalue weighted by molar-refractivity contribution is 0.414. The second-order valence-corrected chi connectivity index (χ2v) is 8.59. The van der Waals surface area contributed by atoms with E-state index >= 15 is 0 Å². The molecule has 0 aliphatic rings. The first-order chi connectivity index (χ1) is 16.1. The van der Waals surface area contributed by atoms with Gasteiger partial charge in [0.05, 0.1) is 35.1 Å². The molecule has 3 aromatic carbocycles. The highest BCUT2D eigenvalue weighted by atomic mass is 32.1. The minimum Gasteiger partial charge on any atom is -0.497 e. The lowest BCUT2D eigenvalue weighted by atomic mass is 10.1. The molecule has 0 radical (unpaired) electrons. The monoisotopic (exact) mass is 454 g/mol. The summed E-state index contributed by atoms with van der Waals surface area (Å²) < 4.78 is 7.86. The van der Waals surface area contributed by atoms with Crippen molar-refractivity contribution in [1.82, 2.24) is 14.8 Å². The molecular formula is C26H22N4O2S. The van der Waals surface area contributed by atoms with E-state index in [1.54, 1.807) is 7.11 Å². The van der Waals surface area contributed by atoms with Crippen LogP contribution in [0.15, 0.2) is 88.6 Å². The normalized spacial score (nSPS) is 11.8. The van der Waals surface area contributed by atoms with Crippen molar-refractivity contribution < 1.29 is 4.74 Å². The molecule has 0 fully saturated rings. The number of methoxy groups -OCH3 is 1. The number of nitrogens with zero attached hydrogens (tertiary/aromatic N) is 3. The quantitative estimate of drug-likeness (QED) is 0.346. The van der Waals surface area contributed by atoms with Crippen LogP contribution in [0.1, 0.15) is 18.1 Å². The van der Waals surface area contributed by atoms with Crippen LogP contribution in [-0.4, -0.2) is 27.6 Å². The Balaban J connectivity index is 1.61. The van der Waals surface area contributed by atoms with Crippen LogP contribution in [0.4, 0.5) is 0 Å². The molecule has 2 aromatic heterocycles. The van der Waals surface area contributed by atoms with Gasteiger partial charge in [0.25, 0.3) is 5.56 Å². The van der Waals surface area contributed by atoms with Crippen LogP contribution >= 0.6 is 11.3 Å². The number of thiazole rings is 1. The molecule has 164 valence electrons. The molecule has 0 aliphatic carbocycles. The summed E-state index contributed by atoms with van der Waals surface area (Å²) in [5.74, 6) is 0.783. The van der Waals surface area contributed by atoms with E-state index in [9.17, 15) is 4.79 Å². The van der Waals surface area contributed by atoms with Gasteiger partial charge in [-0.3, -0.25) is 14.9 Å². The second-order valence-electron chi connectivity index (χ2n) is 7.59. The van der Waals surface area contributed by atoms with Gasteiger partial charge in [0.15, 0.2) is 0 Å². The number of aromatic amines is 1. The first kappa shape index (κ1) is 20.9. The van der Waals surface area contributed by atoms with Crippen molar-refractivity contribution in [2.75, 3.05) is 7.11 Å². The fourth-order valence-electron chi connectivity index (χ4n) is 3.74. The predicted octanol–water partition coefficient (Wildman–Crippen LogP) is 5.46. The maximum atomic E-state index is 13.6. The van der Waals surface area contributed by atoms with Gasteiger partial charge >= 0.3 is 0 Å². The van der Waals surface area contributed by atoms with Gasteiger partial charge in [-0.1, -0.05) is 65.9 Å². The first-order valence-corrected chi connectivity index (χ1v) is 11.4. The largest absolute Gasteiger partial charge is 0.497 e. The molecule has 0 atom stereocenters. The van der Waals surface area contributed by atoms with Crippen LogP contribution in [0, 0.1) is 0 Å². The number of ether oxygens (including phenoxy) is 1. The highest BCUT2D eigenvalue weighted by Gasteiger charge is 2.20. The second kappa shape index (κ2) is 8.88. The lowest BCUT2D eigenvalue weighted by Gasteiger charge is -2.04. The van der Waals surface area contributed by atoms with Crippen LogP contribution < -0.4 is 10.3 Å². The Bertz CT molecular complexity index is 1480. The van der Waals surface area contributed by atoms with Crippen molar-refractivity contribution in [2.45, 2.75) is 13.5 Å². The van der Waals surface area contributed by atoms with Crippen LogP contribution in [0.3, 0.4) is 0 Å². The number of para-hydroxylation sites is 1. The number of aliphatic imine (C=N–C) groups is 1. The molecule has 2 heterocycles. The van der Waals surface area contributed by atoms with Gasteiger partial charge in [-0.15, -0.1) is 0 Å². The summed E-state index contributed by atoms with van der Waals surface area (Å²) >= 11 is 1.47. The molecule has 0 amide bonds. The van der Waals surface area contributed by atoms with E-state index in [0.717, 1.165) is 32.8 Å². The van der Waals surface area contributed by atoms with Crippen molar-refractivity contribution >= 4 is 27.3 Å². The maximum absolute atomic E-state index is 13.6. The van der Waals surface area contributed by atoms with E-state index in [4.69, 9.17) is 9.73 Å². The molecule has 0 bridgehead atoms. The minimum absolute atomic E-state index is 0.167.